The monoisotopic (exact) mass is 243 g/mol. The molecule has 90 valence electrons. The van der Waals surface area contributed by atoms with Gasteiger partial charge in [0, 0.05) is 24.6 Å². The van der Waals surface area contributed by atoms with E-state index in [1.54, 1.807) is 5.38 Å². The Morgan fingerprint density at radius 3 is 2.88 bits per heavy atom. The highest BCUT2D eigenvalue weighted by atomic mass is 32.1. The maximum absolute atomic E-state index is 11.7. The third kappa shape index (κ3) is 3.26. The third-order valence-electron chi connectivity index (χ3n) is 2.46. The standard InChI is InChI=1S/C10H17N3O2S/c1-6(4-14)7(2)12-10(15)8-5-16-9(3-11)13-8/h5-7,14H,3-4,11H2,1-2H3,(H,12,15). The van der Waals surface area contributed by atoms with E-state index in [-0.39, 0.29) is 24.5 Å². The van der Waals surface area contributed by atoms with Crippen LogP contribution in [-0.2, 0) is 6.54 Å². The molecule has 4 N–H and O–H groups in total. The first-order valence-electron chi connectivity index (χ1n) is 5.14. The van der Waals surface area contributed by atoms with Crippen LogP contribution in [0.2, 0.25) is 0 Å². The highest BCUT2D eigenvalue weighted by Gasteiger charge is 2.16. The molecular formula is C10H17N3O2S. The first-order valence-corrected chi connectivity index (χ1v) is 6.02. The Kier molecular flexibility index (Phi) is 4.85. The van der Waals surface area contributed by atoms with Crippen LogP contribution in [0.15, 0.2) is 5.38 Å². The van der Waals surface area contributed by atoms with Crippen LogP contribution in [0.1, 0.15) is 29.3 Å². The number of hydrogen-bond acceptors (Lipinski definition) is 5. The summed E-state index contributed by atoms with van der Waals surface area (Å²) >= 11 is 1.37. The van der Waals surface area contributed by atoms with Gasteiger partial charge in [0.1, 0.15) is 10.7 Å². The Bertz CT molecular complexity index is 354. The molecule has 1 aromatic rings. The summed E-state index contributed by atoms with van der Waals surface area (Å²) in [5, 5.41) is 14.2. The Labute approximate surface area is 98.7 Å². The molecule has 0 saturated heterocycles. The van der Waals surface area contributed by atoms with Crippen molar-refractivity contribution in [3.63, 3.8) is 0 Å². The zero-order valence-electron chi connectivity index (χ0n) is 9.43. The molecule has 16 heavy (non-hydrogen) atoms. The normalized spacial score (nSPS) is 14.5. The summed E-state index contributed by atoms with van der Waals surface area (Å²) in [5.41, 5.74) is 5.81. The lowest BCUT2D eigenvalue weighted by Crippen LogP contribution is -2.38. The van der Waals surface area contributed by atoms with Crippen LogP contribution in [0.5, 0.6) is 0 Å². The quantitative estimate of drug-likeness (QED) is 0.696. The topological polar surface area (TPSA) is 88.2 Å². The average Bonchev–Trinajstić information content (AvgIpc) is 2.76. The number of nitrogens with zero attached hydrogens (tertiary/aromatic N) is 1. The highest BCUT2D eigenvalue weighted by molar-refractivity contribution is 7.09. The lowest BCUT2D eigenvalue weighted by atomic mass is 10.1. The van der Waals surface area contributed by atoms with Crippen molar-refractivity contribution in [2.45, 2.75) is 26.4 Å². The smallest absolute Gasteiger partial charge is 0.270 e. The fourth-order valence-corrected chi connectivity index (χ4v) is 1.74. The number of thiazole rings is 1. The van der Waals surface area contributed by atoms with Gasteiger partial charge in [-0.25, -0.2) is 4.98 Å². The van der Waals surface area contributed by atoms with E-state index in [2.05, 4.69) is 10.3 Å². The Hall–Kier alpha value is -0.980. The van der Waals surface area contributed by atoms with Crippen LogP contribution < -0.4 is 11.1 Å². The van der Waals surface area contributed by atoms with E-state index < -0.39 is 0 Å². The summed E-state index contributed by atoms with van der Waals surface area (Å²) in [6.07, 6.45) is 0. The van der Waals surface area contributed by atoms with Crippen molar-refractivity contribution in [3.05, 3.63) is 16.1 Å². The Morgan fingerprint density at radius 1 is 1.69 bits per heavy atom. The van der Waals surface area contributed by atoms with Crippen LogP contribution in [0, 0.1) is 5.92 Å². The van der Waals surface area contributed by atoms with Crippen LogP contribution in [0.25, 0.3) is 0 Å². The van der Waals surface area contributed by atoms with Gasteiger partial charge in [-0.1, -0.05) is 6.92 Å². The number of nitrogens with two attached hydrogens (primary N) is 1. The largest absolute Gasteiger partial charge is 0.396 e. The van der Waals surface area contributed by atoms with E-state index in [1.165, 1.54) is 11.3 Å². The Balaban J connectivity index is 2.58. The predicted octanol–water partition coefficient (Wildman–Crippen LogP) is 0.349. The number of nitrogens with one attached hydrogen (secondary N) is 1. The predicted molar refractivity (Wildman–Crippen MR) is 63.2 cm³/mol. The number of aliphatic hydroxyl groups excluding tert-OH is 1. The van der Waals surface area contributed by atoms with Gasteiger partial charge in [-0.05, 0) is 12.8 Å². The number of amides is 1. The lowest BCUT2D eigenvalue weighted by Gasteiger charge is -2.18. The molecule has 0 aliphatic rings. The second-order valence-electron chi connectivity index (χ2n) is 3.75. The number of aliphatic hydroxyl groups is 1. The van der Waals surface area contributed by atoms with Crippen molar-refractivity contribution in [3.8, 4) is 0 Å². The summed E-state index contributed by atoms with van der Waals surface area (Å²) < 4.78 is 0. The minimum Gasteiger partial charge on any atom is -0.396 e. The summed E-state index contributed by atoms with van der Waals surface area (Å²) in [4.78, 5) is 15.8. The number of aromatic nitrogens is 1. The zero-order chi connectivity index (χ0) is 12.1. The Morgan fingerprint density at radius 2 is 2.38 bits per heavy atom. The van der Waals surface area contributed by atoms with Gasteiger partial charge >= 0.3 is 0 Å². The van der Waals surface area contributed by atoms with Crippen LogP contribution in [0.4, 0.5) is 0 Å². The van der Waals surface area contributed by atoms with Crippen LogP contribution in [-0.4, -0.2) is 28.6 Å². The van der Waals surface area contributed by atoms with Crippen molar-refractivity contribution in [2.24, 2.45) is 11.7 Å². The van der Waals surface area contributed by atoms with E-state index in [9.17, 15) is 4.79 Å². The first-order chi connectivity index (χ1) is 7.58. The molecule has 0 fully saturated rings. The molecule has 2 unspecified atom stereocenters. The molecule has 1 aromatic heterocycles. The van der Waals surface area contributed by atoms with Gasteiger partial charge in [0.25, 0.3) is 5.91 Å². The summed E-state index contributed by atoms with van der Waals surface area (Å²) in [6, 6.07) is -0.0828. The van der Waals surface area contributed by atoms with Crippen LogP contribution >= 0.6 is 11.3 Å². The van der Waals surface area contributed by atoms with Crippen molar-refractivity contribution >= 4 is 17.2 Å². The molecular weight excluding hydrogens is 226 g/mol. The van der Waals surface area contributed by atoms with Gasteiger partial charge in [0.15, 0.2) is 0 Å². The highest BCUT2D eigenvalue weighted by Crippen LogP contribution is 2.09. The van der Waals surface area contributed by atoms with E-state index in [0.29, 0.717) is 12.2 Å². The maximum atomic E-state index is 11.7. The number of hydrogen-bond donors (Lipinski definition) is 3. The molecule has 2 atom stereocenters. The molecule has 0 radical (unpaired) electrons. The molecule has 6 heteroatoms. The third-order valence-corrected chi connectivity index (χ3v) is 3.33. The number of carbonyl (C=O) groups excluding carboxylic acids is 1. The van der Waals surface area contributed by atoms with Crippen molar-refractivity contribution < 1.29 is 9.90 Å². The van der Waals surface area contributed by atoms with E-state index in [1.807, 2.05) is 13.8 Å². The lowest BCUT2D eigenvalue weighted by molar-refractivity contribution is 0.0912. The number of carbonyl (C=O) groups is 1. The van der Waals surface area contributed by atoms with E-state index in [0.717, 1.165) is 5.01 Å². The molecule has 0 aromatic carbocycles. The van der Waals surface area contributed by atoms with Crippen LogP contribution in [0.3, 0.4) is 0 Å². The zero-order valence-corrected chi connectivity index (χ0v) is 10.3. The summed E-state index contributed by atoms with van der Waals surface area (Å²) in [5.74, 6) is -0.194. The molecule has 0 spiro atoms. The van der Waals surface area contributed by atoms with Crippen molar-refractivity contribution in [2.75, 3.05) is 6.61 Å². The molecule has 0 bridgehead atoms. The van der Waals surface area contributed by atoms with Crippen molar-refractivity contribution in [1.29, 1.82) is 0 Å². The summed E-state index contributed by atoms with van der Waals surface area (Å²) in [6.45, 7) is 4.12. The van der Waals surface area contributed by atoms with Crippen molar-refractivity contribution in [1.82, 2.24) is 10.3 Å². The van der Waals surface area contributed by atoms with Gasteiger partial charge < -0.3 is 16.2 Å². The molecule has 0 saturated carbocycles. The van der Waals surface area contributed by atoms with Gasteiger partial charge in [-0.3, -0.25) is 4.79 Å². The number of rotatable bonds is 5. The fraction of sp³-hybridized carbons (Fsp3) is 0.600. The molecule has 1 heterocycles. The molecule has 0 aliphatic heterocycles. The molecule has 0 aliphatic carbocycles. The molecule has 1 rings (SSSR count). The van der Waals surface area contributed by atoms with E-state index in [4.69, 9.17) is 10.8 Å². The minimum atomic E-state index is -0.219. The van der Waals surface area contributed by atoms with Gasteiger partial charge in [0.2, 0.25) is 0 Å². The second kappa shape index (κ2) is 5.93. The minimum absolute atomic E-state index is 0.0246. The maximum Gasteiger partial charge on any atom is 0.270 e. The summed E-state index contributed by atoms with van der Waals surface area (Å²) in [7, 11) is 0. The fourth-order valence-electron chi connectivity index (χ4n) is 1.09. The first kappa shape index (κ1) is 13.1. The average molecular weight is 243 g/mol. The SMILES string of the molecule is CC(CO)C(C)NC(=O)c1csc(CN)n1. The molecule has 5 nitrogen and oxygen atoms in total. The molecule has 1 amide bonds. The second-order valence-corrected chi connectivity index (χ2v) is 4.70. The van der Waals surface area contributed by atoms with Gasteiger partial charge in [-0.15, -0.1) is 11.3 Å². The van der Waals surface area contributed by atoms with Gasteiger partial charge in [0.05, 0.1) is 0 Å². The van der Waals surface area contributed by atoms with Gasteiger partial charge in [-0.2, -0.15) is 0 Å². The van der Waals surface area contributed by atoms with E-state index >= 15 is 0 Å².